The standard InChI is InChI=1S/C28H22N4O/c1-18-7-8-22(15-19(18)2)20-9-11-21(12-10-20)28-30-23-13-14-32(16-25(23)31-28)17-27-29-24-5-3-4-6-26(24)33-27/h3-16H,17H2,1-2H3/p+1. The predicted molar refractivity (Wildman–Crippen MR) is 130 cm³/mol. The molecule has 33 heavy (non-hydrogen) atoms. The summed E-state index contributed by atoms with van der Waals surface area (Å²) >= 11 is 0. The molecule has 0 bridgehead atoms. The average molecular weight is 432 g/mol. The van der Waals surface area contributed by atoms with Crippen LogP contribution >= 0.6 is 0 Å². The minimum atomic E-state index is 0.559. The van der Waals surface area contributed by atoms with Gasteiger partial charge in [-0.2, -0.15) is 4.57 Å². The lowest BCUT2D eigenvalue weighted by Gasteiger charge is -2.06. The molecule has 3 aromatic carbocycles. The van der Waals surface area contributed by atoms with E-state index in [2.05, 4.69) is 70.8 Å². The molecule has 5 nitrogen and oxygen atoms in total. The number of fused-ring (bicyclic) bond motifs is 2. The monoisotopic (exact) mass is 431 g/mol. The van der Waals surface area contributed by atoms with Crippen LogP contribution in [-0.2, 0) is 6.54 Å². The number of H-pyrrole nitrogens is 1. The van der Waals surface area contributed by atoms with Gasteiger partial charge in [0.1, 0.15) is 22.4 Å². The van der Waals surface area contributed by atoms with Gasteiger partial charge in [-0.1, -0.05) is 54.6 Å². The van der Waals surface area contributed by atoms with Crippen molar-refractivity contribution in [2.45, 2.75) is 20.4 Å². The number of para-hydroxylation sites is 2. The molecule has 0 spiro atoms. The second kappa shape index (κ2) is 7.71. The van der Waals surface area contributed by atoms with Gasteiger partial charge in [-0.15, -0.1) is 0 Å². The molecule has 0 aliphatic heterocycles. The van der Waals surface area contributed by atoms with Gasteiger partial charge < -0.3 is 9.40 Å². The summed E-state index contributed by atoms with van der Waals surface area (Å²) in [4.78, 5) is 12.8. The summed E-state index contributed by atoms with van der Waals surface area (Å²) in [7, 11) is 0. The van der Waals surface area contributed by atoms with Crippen molar-refractivity contribution >= 4 is 22.1 Å². The van der Waals surface area contributed by atoms with Gasteiger partial charge in [0, 0.05) is 11.6 Å². The van der Waals surface area contributed by atoms with Crippen molar-refractivity contribution in [3.05, 3.63) is 102 Å². The number of nitrogens with one attached hydrogen (secondary N) is 1. The smallest absolute Gasteiger partial charge is 0.262 e. The van der Waals surface area contributed by atoms with Gasteiger partial charge >= 0.3 is 0 Å². The Morgan fingerprint density at radius 1 is 0.788 bits per heavy atom. The van der Waals surface area contributed by atoms with E-state index in [0.29, 0.717) is 12.4 Å². The second-order valence-electron chi connectivity index (χ2n) is 8.45. The highest BCUT2D eigenvalue weighted by atomic mass is 16.3. The highest BCUT2D eigenvalue weighted by Gasteiger charge is 2.14. The van der Waals surface area contributed by atoms with Crippen LogP contribution in [0.15, 0.2) is 89.6 Å². The molecule has 6 aromatic rings. The molecule has 3 aromatic heterocycles. The van der Waals surface area contributed by atoms with Crippen LogP contribution < -0.4 is 4.57 Å². The third-order valence-electron chi connectivity index (χ3n) is 6.13. The predicted octanol–water partition coefficient (Wildman–Crippen LogP) is 5.99. The van der Waals surface area contributed by atoms with Crippen molar-refractivity contribution in [3.8, 4) is 22.5 Å². The molecule has 0 unspecified atom stereocenters. The van der Waals surface area contributed by atoms with E-state index in [9.17, 15) is 0 Å². The van der Waals surface area contributed by atoms with Crippen LogP contribution in [0.1, 0.15) is 17.0 Å². The Kier molecular flexibility index (Phi) is 4.54. The number of hydrogen-bond donors (Lipinski definition) is 1. The zero-order valence-electron chi connectivity index (χ0n) is 18.5. The van der Waals surface area contributed by atoms with Gasteiger partial charge in [-0.3, -0.25) is 0 Å². The van der Waals surface area contributed by atoms with E-state index < -0.39 is 0 Å². The fourth-order valence-electron chi connectivity index (χ4n) is 4.12. The number of oxazole rings is 1. The van der Waals surface area contributed by atoms with E-state index in [1.165, 1.54) is 22.3 Å². The number of pyridine rings is 1. The lowest BCUT2D eigenvalue weighted by atomic mass is 9.99. The normalized spacial score (nSPS) is 11.5. The molecule has 0 amide bonds. The van der Waals surface area contributed by atoms with Crippen LogP contribution in [0.4, 0.5) is 0 Å². The summed E-state index contributed by atoms with van der Waals surface area (Å²) in [5.74, 6) is 1.54. The lowest BCUT2D eigenvalue weighted by molar-refractivity contribution is -0.689. The SMILES string of the molecule is Cc1ccc(-c2ccc(-c3nc4cc[n+](Cc5nc6ccccc6o5)cc4[nH]3)cc2)cc1C. The van der Waals surface area contributed by atoms with Crippen LogP contribution in [-0.4, -0.2) is 15.0 Å². The van der Waals surface area contributed by atoms with Gasteiger partial charge in [-0.05, 0) is 48.2 Å². The zero-order valence-corrected chi connectivity index (χ0v) is 18.5. The molecule has 1 N–H and O–H groups in total. The van der Waals surface area contributed by atoms with Crippen molar-refractivity contribution in [1.82, 2.24) is 15.0 Å². The number of hydrogen-bond acceptors (Lipinski definition) is 3. The number of aromatic nitrogens is 4. The second-order valence-corrected chi connectivity index (χ2v) is 8.45. The Hall–Kier alpha value is -4.25. The quantitative estimate of drug-likeness (QED) is 0.349. The third-order valence-corrected chi connectivity index (χ3v) is 6.13. The first-order chi connectivity index (χ1) is 16.1. The van der Waals surface area contributed by atoms with Crippen molar-refractivity contribution in [2.24, 2.45) is 0 Å². The molecule has 0 aliphatic rings. The average Bonchev–Trinajstić information content (AvgIpc) is 3.44. The van der Waals surface area contributed by atoms with Crippen LogP contribution in [0.2, 0.25) is 0 Å². The summed E-state index contributed by atoms with van der Waals surface area (Å²) in [5.41, 5.74) is 9.70. The van der Waals surface area contributed by atoms with E-state index in [0.717, 1.165) is 33.5 Å². The molecule has 0 aliphatic carbocycles. The summed E-state index contributed by atoms with van der Waals surface area (Å²) in [6.45, 7) is 4.85. The van der Waals surface area contributed by atoms with Gasteiger partial charge in [0.2, 0.25) is 6.54 Å². The number of imidazole rings is 1. The summed E-state index contributed by atoms with van der Waals surface area (Å²) in [6, 6.07) is 25.0. The molecule has 0 saturated heterocycles. The first-order valence-electron chi connectivity index (χ1n) is 11.0. The fraction of sp³-hybridized carbons (Fsp3) is 0.107. The van der Waals surface area contributed by atoms with E-state index in [4.69, 9.17) is 9.40 Å². The minimum absolute atomic E-state index is 0.559. The molecule has 160 valence electrons. The molecule has 0 saturated carbocycles. The molecule has 0 atom stereocenters. The van der Waals surface area contributed by atoms with Crippen LogP contribution in [0.3, 0.4) is 0 Å². The molecule has 0 radical (unpaired) electrons. The first-order valence-corrected chi connectivity index (χ1v) is 11.0. The number of nitrogens with zero attached hydrogens (tertiary/aromatic N) is 3. The maximum Gasteiger partial charge on any atom is 0.262 e. The molecule has 6 rings (SSSR count). The summed E-state index contributed by atoms with van der Waals surface area (Å²) in [6.07, 6.45) is 4.05. The van der Waals surface area contributed by atoms with Gasteiger partial charge in [-0.25, -0.2) is 9.97 Å². The molecular weight excluding hydrogens is 408 g/mol. The number of aryl methyl sites for hydroxylation is 2. The van der Waals surface area contributed by atoms with Gasteiger partial charge in [0.05, 0.1) is 0 Å². The Morgan fingerprint density at radius 2 is 1.58 bits per heavy atom. The Labute approximate surface area is 191 Å². The highest BCUT2D eigenvalue weighted by molar-refractivity contribution is 5.78. The Bertz CT molecular complexity index is 1580. The number of rotatable bonds is 4. The van der Waals surface area contributed by atoms with Gasteiger partial charge in [0.25, 0.3) is 5.89 Å². The molecular formula is C28H23N4O+. The van der Waals surface area contributed by atoms with E-state index in [-0.39, 0.29) is 0 Å². The third kappa shape index (κ3) is 3.68. The largest absolute Gasteiger partial charge is 0.435 e. The minimum Gasteiger partial charge on any atom is -0.435 e. The van der Waals surface area contributed by atoms with E-state index in [1.807, 2.05) is 42.7 Å². The zero-order chi connectivity index (χ0) is 22.4. The van der Waals surface area contributed by atoms with Crippen LogP contribution in [0.5, 0.6) is 0 Å². The van der Waals surface area contributed by atoms with Crippen molar-refractivity contribution in [3.63, 3.8) is 0 Å². The fourth-order valence-corrected chi connectivity index (χ4v) is 4.12. The van der Waals surface area contributed by atoms with Crippen molar-refractivity contribution < 1.29 is 8.98 Å². The summed E-state index contributed by atoms with van der Waals surface area (Å²) < 4.78 is 7.92. The van der Waals surface area contributed by atoms with Crippen LogP contribution in [0, 0.1) is 13.8 Å². The number of benzene rings is 3. The summed E-state index contributed by atoms with van der Waals surface area (Å²) in [5, 5.41) is 0. The maximum atomic E-state index is 5.86. The first kappa shape index (κ1) is 19.4. The van der Waals surface area contributed by atoms with E-state index in [1.54, 1.807) is 0 Å². The molecule has 5 heteroatoms. The molecule has 0 fully saturated rings. The Balaban J connectivity index is 1.27. The highest BCUT2D eigenvalue weighted by Crippen LogP contribution is 2.26. The van der Waals surface area contributed by atoms with Crippen molar-refractivity contribution in [1.29, 1.82) is 0 Å². The molecule has 3 heterocycles. The van der Waals surface area contributed by atoms with Crippen molar-refractivity contribution in [2.75, 3.05) is 0 Å². The lowest BCUT2D eigenvalue weighted by Crippen LogP contribution is -2.33. The number of aromatic amines is 1. The Morgan fingerprint density at radius 3 is 2.39 bits per heavy atom. The van der Waals surface area contributed by atoms with E-state index >= 15 is 0 Å². The van der Waals surface area contributed by atoms with Crippen LogP contribution in [0.25, 0.3) is 44.6 Å². The van der Waals surface area contributed by atoms with Gasteiger partial charge in [0.15, 0.2) is 18.0 Å². The topological polar surface area (TPSA) is 58.6 Å². The maximum absolute atomic E-state index is 5.86.